The maximum absolute atomic E-state index is 13.3. The normalized spacial score (nSPS) is 12.5. The molecule has 0 aliphatic carbocycles. The predicted molar refractivity (Wildman–Crippen MR) is 76.1 cm³/mol. The summed E-state index contributed by atoms with van der Waals surface area (Å²) in [6, 6.07) is 8.59. The van der Waals surface area contributed by atoms with Gasteiger partial charge in [0.15, 0.2) is 0 Å². The van der Waals surface area contributed by atoms with Gasteiger partial charge < -0.3 is 5.73 Å². The first kappa shape index (κ1) is 14.4. The van der Waals surface area contributed by atoms with Crippen molar-refractivity contribution in [2.75, 3.05) is 0 Å². The molecule has 1 nitrogen and oxygen atoms in total. The van der Waals surface area contributed by atoms with E-state index in [1.165, 1.54) is 24.3 Å². The summed E-state index contributed by atoms with van der Waals surface area (Å²) in [7, 11) is 0. The molecule has 0 aliphatic rings. The monoisotopic (exact) mass is 345 g/mol. The van der Waals surface area contributed by atoms with Gasteiger partial charge in [0.25, 0.3) is 0 Å². The molecular formula is C14H11BrClF2N. The molecule has 1 atom stereocenters. The highest BCUT2D eigenvalue weighted by molar-refractivity contribution is 9.10. The molecule has 0 saturated heterocycles. The molecule has 5 heteroatoms. The van der Waals surface area contributed by atoms with Gasteiger partial charge in [-0.3, -0.25) is 0 Å². The third-order valence-corrected chi connectivity index (χ3v) is 3.50. The van der Waals surface area contributed by atoms with Gasteiger partial charge >= 0.3 is 0 Å². The van der Waals surface area contributed by atoms with Gasteiger partial charge in [0.2, 0.25) is 0 Å². The molecule has 2 N–H and O–H groups in total. The summed E-state index contributed by atoms with van der Waals surface area (Å²) in [4.78, 5) is 0. The Bertz CT molecular complexity index is 584. The van der Waals surface area contributed by atoms with Gasteiger partial charge in [0.05, 0.1) is 5.02 Å². The van der Waals surface area contributed by atoms with Crippen molar-refractivity contribution < 1.29 is 8.78 Å². The Kier molecular flexibility index (Phi) is 4.55. The molecule has 2 aromatic rings. The Balaban J connectivity index is 2.20. The lowest BCUT2D eigenvalue weighted by Crippen LogP contribution is -2.13. The number of halogens is 4. The zero-order chi connectivity index (χ0) is 14.0. The molecule has 2 aromatic carbocycles. The van der Waals surface area contributed by atoms with E-state index in [-0.39, 0.29) is 16.9 Å². The van der Waals surface area contributed by atoms with Crippen LogP contribution in [0.25, 0.3) is 0 Å². The third kappa shape index (κ3) is 3.75. The molecule has 0 heterocycles. The SMILES string of the molecule is NC(Cc1ccc(F)c(Cl)c1)c1cc(F)cc(Br)c1. The summed E-state index contributed by atoms with van der Waals surface area (Å²) in [6.45, 7) is 0. The van der Waals surface area contributed by atoms with Crippen LogP contribution in [-0.4, -0.2) is 0 Å². The van der Waals surface area contributed by atoms with Crippen LogP contribution in [-0.2, 0) is 6.42 Å². The van der Waals surface area contributed by atoms with Gasteiger partial charge in [-0.1, -0.05) is 33.6 Å². The fraction of sp³-hybridized carbons (Fsp3) is 0.143. The Morgan fingerprint density at radius 2 is 1.89 bits per heavy atom. The first-order valence-electron chi connectivity index (χ1n) is 5.61. The number of hydrogen-bond donors (Lipinski definition) is 1. The van der Waals surface area contributed by atoms with Crippen LogP contribution in [0.15, 0.2) is 40.9 Å². The molecule has 0 aliphatic heterocycles. The second-order valence-corrected chi connectivity index (χ2v) is 5.58. The lowest BCUT2D eigenvalue weighted by Gasteiger charge is -2.13. The van der Waals surface area contributed by atoms with Crippen LogP contribution in [0.2, 0.25) is 5.02 Å². The van der Waals surface area contributed by atoms with E-state index in [1.54, 1.807) is 12.1 Å². The summed E-state index contributed by atoms with van der Waals surface area (Å²) in [6.07, 6.45) is 0.454. The molecule has 100 valence electrons. The minimum Gasteiger partial charge on any atom is -0.324 e. The largest absolute Gasteiger partial charge is 0.324 e. The van der Waals surface area contributed by atoms with Crippen molar-refractivity contribution in [2.24, 2.45) is 5.73 Å². The van der Waals surface area contributed by atoms with Crippen molar-refractivity contribution in [1.82, 2.24) is 0 Å². The van der Waals surface area contributed by atoms with Crippen molar-refractivity contribution in [3.8, 4) is 0 Å². The average molecular weight is 347 g/mol. The maximum Gasteiger partial charge on any atom is 0.141 e. The van der Waals surface area contributed by atoms with Crippen LogP contribution in [0.1, 0.15) is 17.2 Å². The van der Waals surface area contributed by atoms with Crippen molar-refractivity contribution in [1.29, 1.82) is 0 Å². The first-order valence-corrected chi connectivity index (χ1v) is 6.78. The molecule has 0 aromatic heterocycles. The van der Waals surface area contributed by atoms with E-state index >= 15 is 0 Å². The Labute approximate surface area is 123 Å². The summed E-state index contributed by atoms with van der Waals surface area (Å²) in [5, 5.41) is 0.0603. The van der Waals surface area contributed by atoms with Gasteiger partial charge in [0.1, 0.15) is 11.6 Å². The molecule has 0 fully saturated rings. The van der Waals surface area contributed by atoms with Crippen molar-refractivity contribution in [2.45, 2.75) is 12.5 Å². The average Bonchev–Trinajstić information content (AvgIpc) is 2.32. The predicted octanol–water partition coefficient (Wildman–Crippen LogP) is 4.62. The van der Waals surface area contributed by atoms with Crippen LogP contribution in [0, 0.1) is 11.6 Å². The lowest BCUT2D eigenvalue weighted by molar-refractivity contribution is 0.616. The smallest absolute Gasteiger partial charge is 0.141 e. The van der Waals surface area contributed by atoms with Crippen molar-refractivity contribution in [3.05, 3.63) is 68.7 Å². The zero-order valence-electron chi connectivity index (χ0n) is 9.84. The maximum atomic E-state index is 13.3. The molecule has 0 bridgehead atoms. The van der Waals surface area contributed by atoms with E-state index in [2.05, 4.69) is 15.9 Å². The third-order valence-electron chi connectivity index (χ3n) is 2.75. The topological polar surface area (TPSA) is 26.0 Å². The quantitative estimate of drug-likeness (QED) is 0.862. The summed E-state index contributed by atoms with van der Waals surface area (Å²) in [5.41, 5.74) is 7.51. The van der Waals surface area contributed by atoms with Gasteiger partial charge in [-0.05, 0) is 47.9 Å². The highest BCUT2D eigenvalue weighted by Gasteiger charge is 2.10. The molecule has 0 radical (unpaired) electrons. The number of rotatable bonds is 3. The second-order valence-electron chi connectivity index (χ2n) is 4.26. The highest BCUT2D eigenvalue weighted by atomic mass is 79.9. The lowest BCUT2D eigenvalue weighted by atomic mass is 9.99. The molecule has 0 spiro atoms. The van der Waals surface area contributed by atoms with E-state index in [1.807, 2.05) is 0 Å². The molecule has 2 rings (SSSR count). The molecular weight excluding hydrogens is 336 g/mol. The van der Waals surface area contributed by atoms with E-state index in [9.17, 15) is 8.78 Å². The molecule has 0 amide bonds. The van der Waals surface area contributed by atoms with Gasteiger partial charge in [-0.15, -0.1) is 0 Å². The van der Waals surface area contributed by atoms with Crippen LogP contribution < -0.4 is 5.73 Å². The number of nitrogens with two attached hydrogens (primary N) is 1. The van der Waals surface area contributed by atoms with Crippen LogP contribution in [0.3, 0.4) is 0 Å². The van der Waals surface area contributed by atoms with Crippen LogP contribution in [0.5, 0.6) is 0 Å². The standard InChI is InChI=1S/C14H11BrClF2N/c15-10-5-9(6-11(17)7-10)14(19)4-8-1-2-13(18)12(16)3-8/h1-3,5-7,14H,4,19H2. The summed E-state index contributed by atoms with van der Waals surface area (Å²) < 4.78 is 27.0. The first-order chi connectivity index (χ1) is 8.95. The molecule has 19 heavy (non-hydrogen) atoms. The highest BCUT2D eigenvalue weighted by Crippen LogP contribution is 2.23. The fourth-order valence-electron chi connectivity index (χ4n) is 1.83. The van der Waals surface area contributed by atoms with Gasteiger partial charge in [0, 0.05) is 10.5 Å². The zero-order valence-corrected chi connectivity index (χ0v) is 12.2. The Hall–Kier alpha value is -0.970. The van der Waals surface area contributed by atoms with E-state index in [4.69, 9.17) is 17.3 Å². The van der Waals surface area contributed by atoms with E-state index < -0.39 is 5.82 Å². The fourth-order valence-corrected chi connectivity index (χ4v) is 2.51. The van der Waals surface area contributed by atoms with Crippen LogP contribution in [0.4, 0.5) is 8.78 Å². The van der Waals surface area contributed by atoms with Crippen molar-refractivity contribution in [3.63, 3.8) is 0 Å². The van der Waals surface area contributed by atoms with Gasteiger partial charge in [-0.2, -0.15) is 0 Å². The Morgan fingerprint density at radius 3 is 2.53 bits per heavy atom. The van der Waals surface area contributed by atoms with Crippen LogP contribution >= 0.6 is 27.5 Å². The summed E-state index contributed by atoms with van der Waals surface area (Å²) >= 11 is 8.93. The minimum absolute atomic E-state index is 0.0603. The van der Waals surface area contributed by atoms with E-state index in [0.29, 0.717) is 16.5 Å². The Morgan fingerprint density at radius 1 is 1.16 bits per heavy atom. The molecule has 0 saturated carbocycles. The molecule has 1 unspecified atom stereocenters. The number of benzene rings is 2. The van der Waals surface area contributed by atoms with Crippen molar-refractivity contribution >= 4 is 27.5 Å². The number of hydrogen-bond acceptors (Lipinski definition) is 1. The van der Waals surface area contributed by atoms with Gasteiger partial charge in [-0.25, -0.2) is 8.78 Å². The summed E-state index contributed by atoms with van der Waals surface area (Å²) in [5.74, 6) is -0.815. The second kappa shape index (κ2) is 5.99. The minimum atomic E-state index is -0.465. The van der Waals surface area contributed by atoms with E-state index in [0.717, 1.165) is 5.56 Å².